The second-order valence-electron chi connectivity index (χ2n) is 4.65. The van der Waals surface area contributed by atoms with Crippen molar-refractivity contribution < 1.29 is 14.7 Å². The Morgan fingerprint density at radius 3 is 2.63 bits per heavy atom. The highest BCUT2D eigenvalue weighted by atomic mass is 32.1. The van der Waals surface area contributed by atoms with Gasteiger partial charge in [0.25, 0.3) is 0 Å². The van der Waals surface area contributed by atoms with E-state index in [0.717, 1.165) is 17.8 Å². The molecule has 0 spiro atoms. The Kier molecular flexibility index (Phi) is 3.89. The molecule has 0 aromatic carbocycles. The number of hydrogen-bond acceptors (Lipinski definition) is 4. The van der Waals surface area contributed by atoms with Crippen LogP contribution in [-0.4, -0.2) is 28.6 Å². The van der Waals surface area contributed by atoms with E-state index < -0.39 is 17.4 Å². The molecule has 1 aliphatic rings. The molecule has 1 fully saturated rings. The van der Waals surface area contributed by atoms with E-state index in [1.807, 2.05) is 0 Å². The number of hydrogen-bond donors (Lipinski definition) is 4. The number of carboxylic acid groups (broad SMARTS) is 1. The minimum atomic E-state index is -0.860. The number of aromatic amines is 1. The molecule has 1 aromatic rings. The second-order valence-corrected chi connectivity index (χ2v) is 5.49. The summed E-state index contributed by atoms with van der Waals surface area (Å²) in [7, 11) is 0. The number of nitrogens with one attached hydrogen (secondary N) is 3. The molecule has 1 heterocycles. The molecule has 4 N–H and O–H groups in total. The number of thiazole rings is 1. The third-order valence-corrected chi connectivity index (χ3v) is 4.08. The van der Waals surface area contributed by atoms with Crippen molar-refractivity contribution in [2.24, 2.45) is 5.41 Å². The van der Waals surface area contributed by atoms with Crippen LogP contribution in [0.5, 0.6) is 0 Å². The summed E-state index contributed by atoms with van der Waals surface area (Å²) in [6.07, 6.45) is 2.08. The lowest BCUT2D eigenvalue weighted by Crippen LogP contribution is -2.49. The van der Waals surface area contributed by atoms with Gasteiger partial charge in [0.1, 0.15) is 0 Å². The average molecular weight is 285 g/mol. The molecular weight excluding hydrogens is 270 g/mol. The minimum absolute atomic E-state index is 0.133. The molecule has 0 saturated heterocycles. The zero-order valence-corrected chi connectivity index (χ0v) is 11.0. The Hall–Kier alpha value is -1.83. The maximum absolute atomic E-state index is 11.5. The normalized spacial score (nSPS) is 16.4. The second kappa shape index (κ2) is 5.43. The number of H-pyrrole nitrogens is 1. The molecule has 2 amide bonds. The highest BCUT2D eigenvalue weighted by Gasteiger charge is 2.44. The molecule has 7 nitrogen and oxygen atoms in total. The highest BCUT2D eigenvalue weighted by Crippen LogP contribution is 2.40. The Labute approximate surface area is 113 Å². The minimum Gasteiger partial charge on any atom is -0.481 e. The number of aromatic nitrogens is 1. The van der Waals surface area contributed by atoms with Gasteiger partial charge in [0.15, 0.2) is 0 Å². The topological polar surface area (TPSA) is 111 Å². The van der Waals surface area contributed by atoms with Crippen molar-refractivity contribution >= 4 is 23.3 Å². The Morgan fingerprint density at radius 2 is 2.16 bits per heavy atom. The molecule has 8 heteroatoms. The fourth-order valence-electron chi connectivity index (χ4n) is 1.96. The summed E-state index contributed by atoms with van der Waals surface area (Å²) in [6, 6.07) is -0.431. The van der Waals surface area contributed by atoms with Crippen molar-refractivity contribution in [3.63, 3.8) is 0 Å². The quantitative estimate of drug-likeness (QED) is 0.631. The smallest absolute Gasteiger partial charge is 0.315 e. The van der Waals surface area contributed by atoms with Gasteiger partial charge in [-0.1, -0.05) is 17.8 Å². The summed E-state index contributed by atoms with van der Waals surface area (Å²) in [4.78, 5) is 35.9. The number of rotatable bonds is 5. The molecular formula is C11H15N3O4S. The zero-order chi connectivity index (χ0) is 13.9. The third-order valence-electron chi connectivity index (χ3n) is 3.36. The SMILES string of the molecule is O=C(NCc1csc(=O)[nH]1)NCC1(C(=O)O)CCC1. The van der Waals surface area contributed by atoms with Crippen LogP contribution in [0, 0.1) is 5.41 Å². The summed E-state index contributed by atoms with van der Waals surface area (Å²) in [6.45, 7) is 0.346. The van der Waals surface area contributed by atoms with E-state index >= 15 is 0 Å². The van der Waals surface area contributed by atoms with Gasteiger partial charge in [-0.2, -0.15) is 0 Å². The Bertz CT molecular complexity index is 532. The fourth-order valence-corrected chi connectivity index (χ4v) is 2.54. The molecule has 0 unspecified atom stereocenters. The molecule has 0 radical (unpaired) electrons. The van der Waals surface area contributed by atoms with Crippen molar-refractivity contribution in [1.29, 1.82) is 0 Å². The zero-order valence-electron chi connectivity index (χ0n) is 10.2. The van der Waals surface area contributed by atoms with Crippen LogP contribution in [0.15, 0.2) is 10.2 Å². The number of carbonyl (C=O) groups is 2. The van der Waals surface area contributed by atoms with Crippen molar-refractivity contribution in [3.8, 4) is 0 Å². The monoisotopic (exact) mass is 285 g/mol. The van der Waals surface area contributed by atoms with Gasteiger partial charge in [-0.25, -0.2) is 4.79 Å². The predicted molar refractivity (Wildman–Crippen MR) is 69.1 cm³/mol. The van der Waals surface area contributed by atoms with E-state index in [9.17, 15) is 14.4 Å². The molecule has 0 bridgehead atoms. The summed E-state index contributed by atoms with van der Waals surface area (Å²) in [5.41, 5.74) is -0.171. The van der Waals surface area contributed by atoms with Gasteiger partial charge < -0.3 is 20.7 Å². The van der Waals surface area contributed by atoms with Crippen LogP contribution in [0.3, 0.4) is 0 Å². The number of aliphatic carboxylic acids is 1. The summed E-state index contributed by atoms with van der Waals surface area (Å²) in [5.74, 6) is -0.860. The van der Waals surface area contributed by atoms with E-state index in [2.05, 4.69) is 15.6 Å². The molecule has 104 valence electrons. The first kappa shape index (κ1) is 13.6. The first-order valence-electron chi connectivity index (χ1n) is 5.94. The summed E-state index contributed by atoms with van der Waals surface area (Å²) < 4.78 is 0. The predicted octanol–water partition coefficient (Wildman–Crippen LogP) is 0.490. The van der Waals surface area contributed by atoms with Crippen LogP contribution in [0.2, 0.25) is 0 Å². The van der Waals surface area contributed by atoms with Gasteiger partial charge in [-0.15, -0.1) is 0 Å². The van der Waals surface area contributed by atoms with Crippen molar-refractivity contribution in [1.82, 2.24) is 15.6 Å². The van der Waals surface area contributed by atoms with Crippen LogP contribution in [0.1, 0.15) is 25.0 Å². The van der Waals surface area contributed by atoms with E-state index in [4.69, 9.17) is 5.11 Å². The number of urea groups is 1. The fraction of sp³-hybridized carbons (Fsp3) is 0.545. The van der Waals surface area contributed by atoms with E-state index in [-0.39, 0.29) is 18.0 Å². The van der Waals surface area contributed by atoms with Crippen molar-refractivity contribution in [2.75, 3.05) is 6.54 Å². The standard InChI is InChI=1S/C11H15N3O4S/c15-8(16)11(2-1-3-11)6-13-9(17)12-4-7-5-19-10(18)14-7/h5H,1-4,6H2,(H,14,18)(H,15,16)(H2,12,13,17). The largest absolute Gasteiger partial charge is 0.481 e. The van der Waals surface area contributed by atoms with E-state index in [1.54, 1.807) is 5.38 Å². The van der Waals surface area contributed by atoms with Crippen LogP contribution >= 0.6 is 11.3 Å². The molecule has 1 aromatic heterocycles. The van der Waals surface area contributed by atoms with Gasteiger partial charge in [-0.3, -0.25) is 9.59 Å². The molecule has 0 aliphatic heterocycles. The Morgan fingerprint density at radius 1 is 1.42 bits per heavy atom. The number of carboxylic acids is 1. The molecule has 19 heavy (non-hydrogen) atoms. The lowest BCUT2D eigenvalue weighted by Gasteiger charge is -2.37. The highest BCUT2D eigenvalue weighted by molar-refractivity contribution is 7.07. The van der Waals surface area contributed by atoms with Crippen LogP contribution in [0.25, 0.3) is 0 Å². The van der Waals surface area contributed by atoms with Crippen LogP contribution < -0.4 is 15.5 Å². The van der Waals surface area contributed by atoms with Gasteiger partial charge in [0.2, 0.25) is 0 Å². The maximum atomic E-state index is 11.5. The molecule has 1 aliphatic carbocycles. The maximum Gasteiger partial charge on any atom is 0.315 e. The molecule has 2 rings (SSSR count). The summed E-state index contributed by atoms with van der Waals surface area (Å²) >= 11 is 1.03. The Balaban J connectivity index is 1.75. The number of carbonyl (C=O) groups excluding carboxylic acids is 1. The van der Waals surface area contributed by atoms with Crippen LogP contribution in [0.4, 0.5) is 4.79 Å². The lowest BCUT2D eigenvalue weighted by molar-refractivity contribution is -0.153. The van der Waals surface area contributed by atoms with Crippen molar-refractivity contribution in [2.45, 2.75) is 25.8 Å². The average Bonchev–Trinajstić information content (AvgIpc) is 2.70. The first-order chi connectivity index (χ1) is 9.02. The third kappa shape index (κ3) is 3.14. The molecule has 1 saturated carbocycles. The van der Waals surface area contributed by atoms with E-state index in [1.165, 1.54) is 0 Å². The van der Waals surface area contributed by atoms with Crippen molar-refractivity contribution in [3.05, 3.63) is 20.7 Å². The van der Waals surface area contributed by atoms with Gasteiger partial charge >= 0.3 is 16.9 Å². The van der Waals surface area contributed by atoms with E-state index in [0.29, 0.717) is 18.5 Å². The number of amides is 2. The van der Waals surface area contributed by atoms with Gasteiger partial charge in [0, 0.05) is 17.6 Å². The van der Waals surface area contributed by atoms with Gasteiger partial charge in [0.05, 0.1) is 12.0 Å². The lowest BCUT2D eigenvalue weighted by atomic mass is 9.69. The molecule has 0 atom stereocenters. The van der Waals surface area contributed by atoms with Gasteiger partial charge in [-0.05, 0) is 12.8 Å². The van der Waals surface area contributed by atoms with Crippen LogP contribution in [-0.2, 0) is 11.3 Å². The first-order valence-corrected chi connectivity index (χ1v) is 6.82. The summed E-state index contributed by atoms with van der Waals surface area (Å²) in [5, 5.41) is 15.9.